The van der Waals surface area contributed by atoms with E-state index in [-0.39, 0.29) is 6.10 Å². The lowest BCUT2D eigenvalue weighted by molar-refractivity contribution is 0.0897. The maximum Gasteiger partial charge on any atom is 0.161 e. The molecule has 1 heterocycles. The predicted molar refractivity (Wildman–Crippen MR) is 92.4 cm³/mol. The van der Waals surface area contributed by atoms with Crippen LogP contribution >= 0.6 is 0 Å². The minimum atomic E-state index is 0.00816. The summed E-state index contributed by atoms with van der Waals surface area (Å²) in [6.07, 6.45) is 0.00816. The van der Waals surface area contributed by atoms with Crippen LogP contribution in [0.15, 0.2) is 42.5 Å². The summed E-state index contributed by atoms with van der Waals surface area (Å²) in [6, 6.07) is 13.6. The van der Waals surface area contributed by atoms with Crippen LogP contribution < -0.4 is 24.3 Å². The van der Waals surface area contributed by atoms with Crippen LogP contribution in [-0.4, -0.2) is 39.5 Å². The van der Waals surface area contributed by atoms with Crippen LogP contribution in [-0.2, 0) is 0 Å². The van der Waals surface area contributed by atoms with Gasteiger partial charge in [0.1, 0.15) is 19.3 Å². The fourth-order valence-corrected chi connectivity index (χ4v) is 2.55. The number of fused-ring (bicyclic) bond motifs is 1. The van der Waals surface area contributed by atoms with Crippen molar-refractivity contribution in [2.45, 2.75) is 13.0 Å². The van der Waals surface area contributed by atoms with Crippen molar-refractivity contribution in [1.82, 2.24) is 5.32 Å². The summed E-state index contributed by atoms with van der Waals surface area (Å²) in [7, 11) is 1.65. The molecule has 0 spiro atoms. The molecule has 0 unspecified atom stereocenters. The van der Waals surface area contributed by atoms with Crippen LogP contribution in [0.25, 0.3) is 0 Å². The molecule has 0 amide bonds. The molecule has 0 radical (unpaired) electrons. The molecule has 0 saturated heterocycles. The summed E-state index contributed by atoms with van der Waals surface area (Å²) in [5.41, 5.74) is 1.15. The van der Waals surface area contributed by atoms with E-state index < -0.39 is 0 Å². The van der Waals surface area contributed by atoms with Crippen molar-refractivity contribution in [1.29, 1.82) is 0 Å². The zero-order valence-electron chi connectivity index (χ0n) is 14.1. The number of nitrogens with one attached hydrogen (secondary N) is 1. The number of rotatable bonds is 7. The summed E-state index contributed by atoms with van der Waals surface area (Å²) < 4.78 is 22.7. The molecular formula is C19H23NO4. The second-order valence-corrected chi connectivity index (χ2v) is 5.70. The highest BCUT2D eigenvalue weighted by Gasteiger charge is 2.19. The molecule has 0 aliphatic carbocycles. The van der Waals surface area contributed by atoms with Gasteiger partial charge in [0.15, 0.2) is 23.0 Å². The molecule has 0 aromatic heterocycles. The van der Waals surface area contributed by atoms with E-state index >= 15 is 0 Å². The van der Waals surface area contributed by atoms with Crippen molar-refractivity contribution < 1.29 is 18.9 Å². The molecule has 1 N–H and O–H groups in total. The molecule has 1 aliphatic rings. The largest absolute Gasteiger partial charge is 0.493 e. The number of ether oxygens (including phenoxy) is 4. The van der Waals surface area contributed by atoms with Gasteiger partial charge in [0.25, 0.3) is 0 Å². The lowest BCUT2D eigenvalue weighted by Crippen LogP contribution is -2.39. The van der Waals surface area contributed by atoms with Crippen LogP contribution in [0, 0.1) is 6.92 Å². The molecule has 2 aromatic rings. The smallest absolute Gasteiger partial charge is 0.161 e. The number of benzene rings is 2. The SMILES string of the molecule is COc1cc(C)ccc1OCCNC[C@@H]1COc2ccccc2O1. The predicted octanol–water partition coefficient (Wildman–Crippen LogP) is 2.81. The van der Waals surface area contributed by atoms with Crippen molar-refractivity contribution in [3.8, 4) is 23.0 Å². The van der Waals surface area contributed by atoms with Gasteiger partial charge in [0, 0.05) is 13.1 Å². The molecule has 0 bridgehead atoms. The van der Waals surface area contributed by atoms with Gasteiger partial charge in [-0.25, -0.2) is 0 Å². The fraction of sp³-hybridized carbons (Fsp3) is 0.368. The molecule has 24 heavy (non-hydrogen) atoms. The van der Waals surface area contributed by atoms with E-state index in [0.29, 0.717) is 19.8 Å². The standard InChI is InChI=1S/C19H23NO4/c1-14-7-8-17(19(11-14)21-2)22-10-9-20-12-15-13-23-16-5-3-4-6-18(16)24-15/h3-8,11,15,20H,9-10,12-13H2,1-2H3/t15-/m1/s1. The molecule has 1 aliphatic heterocycles. The highest BCUT2D eigenvalue weighted by Crippen LogP contribution is 2.30. The Hall–Kier alpha value is -2.40. The summed E-state index contributed by atoms with van der Waals surface area (Å²) in [5.74, 6) is 3.13. The Kier molecular flexibility index (Phi) is 5.43. The molecule has 0 fully saturated rings. The number of para-hydroxylation sites is 2. The van der Waals surface area contributed by atoms with Gasteiger partial charge in [0.2, 0.25) is 0 Å². The topological polar surface area (TPSA) is 49.0 Å². The van der Waals surface area contributed by atoms with Crippen LogP contribution in [0.4, 0.5) is 0 Å². The second-order valence-electron chi connectivity index (χ2n) is 5.70. The first-order chi connectivity index (χ1) is 11.8. The molecule has 1 atom stereocenters. The average Bonchev–Trinajstić information content (AvgIpc) is 2.62. The summed E-state index contributed by atoms with van der Waals surface area (Å²) >= 11 is 0. The maximum absolute atomic E-state index is 5.90. The third-order valence-electron chi connectivity index (χ3n) is 3.80. The number of aryl methyl sites for hydroxylation is 1. The van der Waals surface area contributed by atoms with Gasteiger partial charge >= 0.3 is 0 Å². The third kappa shape index (κ3) is 4.11. The van der Waals surface area contributed by atoms with Crippen LogP contribution in [0.5, 0.6) is 23.0 Å². The zero-order chi connectivity index (χ0) is 16.8. The first-order valence-electron chi connectivity index (χ1n) is 8.13. The number of hydrogen-bond donors (Lipinski definition) is 1. The Morgan fingerprint density at radius 2 is 1.96 bits per heavy atom. The van der Waals surface area contributed by atoms with Crippen molar-refractivity contribution in [3.05, 3.63) is 48.0 Å². The van der Waals surface area contributed by atoms with Gasteiger partial charge < -0.3 is 24.3 Å². The lowest BCUT2D eigenvalue weighted by atomic mass is 10.2. The molecule has 2 aromatic carbocycles. The Morgan fingerprint density at radius 3 is 2.79 bits per heavy atom. The van der Waals surface area contributed by atoms with Crippen molar-refractivity contribution in [2.75, 3.05) is 33.4 Å². The maximum atomic E-state index is 5.90. The van der Waals surface area contributed by atoms with E-state index in [1.54, 1.807) is 7.11 Å². The lowest BCUT2D eigenvalue weighted by Gasteiger charge is -2.26. The van der Waals surface area contributed by atoms with E-state index in [1.807, 2.05) is 49.4 Å². The minimum Gasteiger partial charge on any atom is -0.493 e. The Labute approximate surface area is 142 Å². The van der Waals surface area contributed by atoms with E-state index in [4.69, 9.17) is 18.9 Å². The van der Waals surface area contributed by atoms with Gasteiger partial charge in [-0.2, -0.15) is 0 Å². The van der Waals surface area contributed by atoms with Gasteiger partial charge in [-0.1, -0.05) is 18.2 Å². The van der Waals surface area contributed by atoms with Crippen molar-refractivity contribution >= 4 is 0 Å². The van der Waals surface area contributed by atoms with Gasteiger partial charge in [-0.05, 0) is 36.8 Å². The monoisotopic (exact) mass is 329 g/mol. The average molecular weight is 329 g/mol. The van der Waals surface area contributed by atoms with Gasteiger partial charge in [-0.15, -0.1) is 0 Å². The van der Waals surface area contributed by atoms with E-state index in [2.05, 4.69) is 5.32 Å². The van der Waals surface area contributed by atoms with Gasteiger partial charge in [-0.3, -0.25) is 0 Å². The molecule has 3 rings (SSSR count). The van der Waals surface area contributed by atoms with E-state index in [0.717, 1.165) is 35.1 Å². The van der Waals surface area contributed by atoms with Gasteiger partial charge in [0.05, 0.1) is 7.11 Å². The number of hydrogen-bond acceptors (Lipinski definition) is 5. The zero-order valence-corrected chi connectivity index (χ0v) is 14.1. The third-order valence-corrected chi connectivity index (χ3v) is 3.80. The normalized spacial score (nSPS) is 15.8. The Balaban J connectivity index is 1.39. The molecule has 0 saturated carbocycles. The first-order valence-corrected chi connectivity index (χ1v) is 8.13. The summed E-state index contributed by atoms with van der Waals surface area (Å²) in [5, 5.41) is 3.33. The number of methoxy groups -OCH3 is 1. The summed E-state index contributed by atoms with van der Waals surface area (Å²) in [4.78, 5) is 0. The van der Waals surface area contributed by atoms with Crippen molar-refractivity contribution in [3.63, 3.8) is 0 Å². The van der Waals surface area contributed by atoms with Crippen molar-refractivity contribution in [2.24, 2.45) is 0 Å². The van der Waals surface area contributed by atoms with E-state index in [1.165, 1.54) is 0 Å². The van der Waals surface area contributed by atoms with E-state index in [9.17, 15) is 0 Å². The minimum absolute atomic E-state index is 0.00816. The molecular weight excluding hydrogens is 306 g/mol. The van der Waals surface area contributed by atoms with Crippen LogP contribution in [0.1, 0.15) is 5.56 Å². The molecule has 5 heteroatoms. The highest BCUT2D eigenvalue weighted by atomic mass is 16.6. The second kappa shape index (κ2) is 7.93. The molecule has 128 valence electrons. The first kappa shape index (κ1) is 16.5. The van der Waals surface area contributed by atoms with Crippen LogP contribution in [0.2, 0.25) is 0 Å². The highest BCUT2D eigenvalue weighted by molar-refractivity contribution is 5.42. The fourth-order valence-electron chi connectivity index (χ4n) is 2.55. The molecule has 5 nitrogen and oxygen atoms in total. The Bertz CT molecular complexity index is 674. The quantitative estimate of drug-likeness (QED) is 0.792. The van der Waals surface area contributed by atoms with Crippen LogP contribution in [0.3, 0.4) is 0 Å². The summed E-state index contributed by atoms with van der Waals surface area (Å²) in [6.45, 7) is 4.57. The Morgan fingerprint density at radius 1 is 1.12 bits per heavy atom.